The molecule has 1 aliphatic carbocycles. The van der Waals surface area contributed by atoms with Gasteiger partial charge in [-0.1, -0.05) is 19.3 Å². The molecule has 116 valence electrons. The van der Waals surface area contributed by atoms with Crippen molar-refractivity contribution in [2.75, 3.05) is 31.1 Å². The molecule has 2 heterocycles. The van der Waals surface area contributed by atoms with Crippen LogP contribution in [0.2, 0.25) is 0 Å². The van der Waals surface area contributed by atoms with E-state index in [2.05, 4.69) is 17.1 Å². The molecule has 20 heavy (non-hydrogen) atoms. The number of piperazine rings is 1. The van der Waals surface area contributed by atoms with E-state index in [9.17, 15) is 8.42 Å². The molecule has 0 radical (unpaired) electrons. The van der Waals surface area contributed by atoms with Crippen molar-refractivity contribution in [3.63, 3.8) is 0 Å². The summed E-state index contributed by atoms with van der Waals surface area (Å²) < 4.78 is 23.3. The summed E-state index contributed by atoms with van der Waals surface area (Å²) in [7, 11) is -2.74. The minimum Gasteiger partial charge on any atom is -0.308 e. The van der Waals surface area contributed by atoms with Crippen molar-refractivity contribution in [2.24, 2.45) is 5.92 Å². The van der Waals surface area contributed by atoms with Gasteiger partial charge >= 0.3 is 0 Å². The molecule has 3 fully saturated rings. The van der Waals surface area contributed by atoms with Crippen molar-refractivity contribution < 1.29 is 8.42 Å². The second-order valence-electron chi connectivity index (χ2n) is 7.27. The van der Waals surface area contributed by atoms with Gasteiger partial charge in [-0.3, -0.25) is 4.90 Å². The molecule has 4 nitrogen and oxygen atoms in total. The standard InChI is InChI=1S/C15H28N2O2S/c1-13-9-16-15(6-3-2-4-7-15)12-17(13)10-14-5-8-20(18,19)11-14/h13-14,16H,2-12H2,1H3. The molecule has 0 bridgehead atoms. The summed E-state index contributed by atoms with van der Waals surface area (Å²) in [6.45, 7) is 5.42. The lowest BCUT2D eigenvalue weighted by Crippen LogP contribution is -2.64. The molecule has 3 rings (SSSR count). The fraction of sp³-hybridized carbons (Fsp3) is 1.00. The number of nitrogens with one attached hydrogen (secondary N) is 1. The molecule has 1 saturated carbocycles. The molecule has 0 aromatic carbocycles. The lowest BCUT2D eigenvalue weighted by atomic mass is 9.79. The van der Waals surface area contributed by atoms with Gasteiger partial charge in [0.2, 0.25) is 0 Å². The fourth-order valence-electron chi connectivity index (χ4n) is 4.25. The second-order valence-corrected chi connectivity index (χ2v) is 9.50. The number of nitrogens with zero attached hydrogens (tertiary/aromatic N) is 1. The van der Waals surface area contributed by atoms with Gasteiger partial charge < -0.3 is 5.32 Å². The number of sulfone groups is 1. The summed E-state index contributed by atoms with van der Waals surface area (Å²) in [6, 6.07) is 0.533. The molecule has 2 aliphatic heterocycles. The van der Waals surface area contributed by atoms with Crippen LogP contribution in [0.25, 0.3) is 0 Å². The van der Waals surface area contributed by atoms with E-state index in [1.165, 1.54) is 32.1 Å². The molecule has 2 unspecified atom stereocenters. The Morgan fingerprint density at radius 1 is 1.25 bits per heavy atom. The van der Waals surface area contributed by atoms with Gasteiger partial charge in [0.15, 0.2) is 9.84 Å². The van der Waals surface area contributed by atoms with E-state index in [1.54, 1.807) is 0 Å². The Kier molecular flexibility index (Phi) is 4.13. The molecular weight excluding hydrogens is 272 g/mol. The summed E-state index contributed by atoms with van der Waals surface area (Å²) in [6.07, 6.45) is 7.50. The highest BCUT2D eigenvalue weighted by Crippen LogP contribution is 2.32. The predicted molar refractivity (Wildman–Crippen MR) is 81.6 cm³/mol. The van der Waals surface area contributed by atoms with Gasteiger partial charge in [0.25, 0.3) is 0 Å². The van der Waals surface area contributed by atoms with Gasteiger partial charge in [0.1, 0.15) is 0 Å². The van der Waals surface area contributed by atoms with Crippen molar-refractivity contribution in [1.82, 2.24) is 10.2 Å². The summed E-state index contributed by atoms with van der Waals surface area (Å²) in [5.74, 6) is 1.18. The zero-order chi connectivity index (χ0) is 14.2. The van der Waals surface area contributed by atoms with Gasteiger partial charge in [0.05, 0.1) is 11.5 Å². The lowest BCUT2D eigenvalue weighted by molar-refractivity contribution is 0.0537. The molecule has 2 saturated heterocycles. The Balaban J connectivity index is 1.62. The lowest BCUT2D eigenvalue weighted by Gasteiger charge is -2.49. The highest BCUT2D eigenvalue weighted by atomic mass is 32.2. The van der Waals surface area contributed by atoms with E-state index in [-0.39, 0.29) is 0 Å². The van der Waals surface area contributed by atoms with E-state index in [1.807, 2.05) is 0 Å². The Morgan fingerprint density at radius 3 is 2.65 bits per heavy atom. The van der Waals surface area contributed by atoms with Gasteiger partial charge in [-0.25, -0.2) is 8.42 Å². The van der Waals surface area contributed by atoms with Gasteiger partial charge in [-0.05, 0) is 32.1 Å². The minimum absolute atomic E-state index is 0.322. The molecule has 0 aromatic rings. The van der Waals surface area contributed by atoms with Crippen LogP contribution in [0.4, 0.5) is 0 Å². The molecule has 5 heteroatoms. The Hall–Kier alpha value is -0.130. The maximum absolute atomic E-state index is 11.6. The molecule has 0 aromatic heterocycles. The molecule has 2 atom stereocenters. The smallest absolute Gasteiger partial charge is 0.150 e. The van der Waals surface area contributed by atoms with Crippen LogP contribution in [-0.4, -0.2) is 56.0 Å². The van der Waals surface area contributed by atoms with E-state index in [4.69, 9.17) is 0 Å². The molecule has 3 aliphatic rings. The van der Waals surface area contributed by atoms with Gasteiger partial charge in [0, 0.05) is 31.2 Å². The van der Waals surface area contributed by atoms with Crippen molar-refractivity contribution in [3.8, 4) is 0 Å². The quantitative estimate of drug-likeness (QED) is 0.838. The molecule has 0 amide bonds. The third-order valence-corrected chi connectivity index (χ3v) is 7.37. The van der Waals surface area contributed by atoms with Crippen LogP contribution in [0.1, 0.15) is 45.4 Å². The second kappa shape index (κ2) is 5.58. The Bertz CT molecular complexity index is 443. The van der Waals surface area contributed by atoms with Crippen LogP contribution in [0, 0.1) is 5.92 Å². The fourth-order valence-corrected chi connectivity index (χ4v) is 6.10. The number of hydrogen-bond donors (Lipinski definition) is 1. The highest BCUT2D eigenvalue weighted by Gasteiger charge is 2.40. The van der Waals surface area contributed by atoms with Crippen LogP contribution in [0.3, 0.4) is 0 Å². The average Bonchev–Trinajstić information content (AvgIpc) is 2.75. The molecule has 1 spiro atoms. The van der Waals surface area contributed by atoms with Crippen LogP contribution in [0.15, 0.2) is 0 Å². The zero-order valence-electron chi connectivity index (χ0n) is 12.6. The normalized spacial score (nSPS) is 37.2. The monoisotopic (exact) mass is 300 g/mol. The first kappa shape index (κ1) is 14.8. The molecule has 1 N–H and O–H groups in total. The molecular formula is C15H28N2O2S. The first-order chi connectivity index (χ1) is 9.48. The van der Waals surface area contributed by atoms with Crippen LogP contribution >= 0.6 is 0 Å². The summed E-state index contributed by atoms with van der Waals surface area (Å²) in [5.41, 5.74) is 0.322. The Morgan fingerprint density at radius 2 is 2.00 bits per heavy atom. The van der Waals surface area contributed by atoms with Crippen molar-refractivity contribution in [3.05, 3.63) is 0 Å². The third kappa shape index (κ3) is 3.20. The first-order valence-electron chi connectivity index (χ1n) is 8.18. The highest BCUT2D eigenvalue weighted by molar-refractivity contribution is 7.91. The van der Waals surface area contributed by atoms with E-state index < -0.39 is 9.84 Å². The minimum atomic E-state index is -2.74. The van der Waals surface area contributed by atoms with E-state index in [0.29, 0.717) is 29.0 Å². The van der Waals surface area contributed by atoms with Crippen LogP contribution < -0.4 is 5.32 Å². The van der Waals surface area contributed by atoms with Crippen LogP contribution in [-0.2, 0) is 9.84 Å². The average molecular weight is 300 g/mol. The zero-order valence-corrected chi connectivity index (χ0v) is 13.4. The first-order valence-corrected chi connectivity index (χ1v) is 10.00. The maximum Gasteiger partial charge on any atom is 0.150 e. The van der Waals surface area contributed by atoms with E-state index in [0.717, 1.165) is 26.1 Å². The SMILES string of the molecule is CC1CNC2(CCCCC2)CN1CC1CCS(=O)(=O)C1. The largest absolute Gasteiger partial charge is 0.308 e. The summed E-state index contributed by atoms with van der Waals surface area (Å²) >= 11 is 0. The van der Waals surface area contributed by atoms with Crippen LogP contribution in [0.5, 0.6) is 0 Å². The topological polar surface area (TPSA) is 49.4 Å². The number of rotatable bonds is 2. The summed E-state index contributed by atoms with van der Waals surface area (Å²) in [5, 5.41) is 3.80. The Labute approximate surface area is 123 Å². The number of hydrogen-bond acceptors (Lipinski definition) is 4. The van der Waals surface area contributed by atoms with Crippen molar-refractivity contribution in [1.29, 1.82) is 0 Å². The predicted octanol–water partition coefficient (Wildman–Crippen LogP) is 1.42. The van der Waals surface area contributed by atoms with Gasteiger partial charge in [-0.15, -0.1) is 0 Å². The maximum atomic E-state index is 11.6. The summed E-state index contributed by atoms with van der Waals surface area (Å²) in [4.78, 5) is 2.56. The third-order valence-electron chi connectivity index (χ3n) is 5.53. The van der Waals surface area contributed by atoms with Gasteiger partial charge in [-0.2, -0.15) is 0 Å². The van der Waals surface area contributed by atoms with E-state index >= 15 is 0 Å². The van der Waals surface area contributed by atoms with Crippen molar-refractivity contribution in [2.45, 2.75) is 57.0 Å². The van der Waals surface area contributed by atoms with Crippen molar-refractivity contribution >= 4 is 9.84 Å².